The Hall–Kier alpha value is -1.26. The number of nitrogens with one attached hydrogen (secondary N) is 1. The summed E-state index contributed by atoms with van der Waals surface area (Å²) in [6, 6.07) is 16.5. The van der Waals surface area contributed by atoms with Crippen LogP contribution < -0.4 is 5.32 Å². The van der Waals surface area contributed by atoms with E-state index in [-0.39, 0.29) is 5.91 Å². The van der Waals surface area contributed by atoms with Crippen LogP contribution in [0.25, 0.3) is 0 Å². The minimum atomic E-state index is -0.0420. The lowest BCUT2D eigenvalue weighted by molar-refractivity contribution is -0.113. The maximum Gasteiger partial charge on any atom is 0.235 e. The molecule has 0 bridgehead atoms. The van der Waals surface area contributed by atoms with Crippen LogP contribution in [0.4, 0.5) is 5.69 Å². The number of alkyl halides is 1. The zero-order chi connectivity index (χ0) is 15.2. The van der Waals surface area contributed by atoms with Crippen molar-refractivity contribution in [1.82, 2.24) is 0 Å². The molecule has 0 radical (unpaired) electrons. The summed E-state index contributed by atoms with van der Waals surface area (Å²) in [4.78, 5) is 13.7. The topological polar surface area (TPSA) is 29.1 Å². The molecule has 0 aromatic heterocycles. The van der Waals surface area contributed by atoms with Gasteiger partial charge in [0.25, 0.3) is 0 Å². The van der Waals surface area contributed by atoms with Gasteiger partial charge in [-0.2, -0.15) is 0 Å². The molecule has 1 N–H and O–H groups in total. The Bertz CT molecular complexity index is 593. The second-order valence-electron chi connectivity index (χ2n) is 5.03. The first kappa shape index (κ1) is 16.1. The largest absolute Gasteiger partial charge is 0.325 e. The van der Waals surface area contributed by atoms with E-state index in [0.29, 0.717) is 11.2 Å². The van der Waals surface area contributed by atoms with Crippen LogP contribution in [0.3, 0.4) is 0 Å². The van der Waals surface area contributed by atoms with Crippen molar-refractivity contribution < 1.29 is 4.79 Å². The molecule has 0 atom stereocenters. The van der Waals surface area contributed by atoms with Gasteiger partial charge in [0.05, 0.1) is 5.33 Å². The average Bonchev–Trinajstić information content (AvgIpc) is 2.49. The van der Waals surface area contributed by atoms with E-state index in [4.69, 9.17) is 0 Å². The summed E-state index contributed by atoms with van der Waals surface area (Å²) >= 11 is 4.85. The molecule has 0 heterocycles. The van der Waals surface area contributed by atoms with Gasteiger partial charge in [0.1, 0.15) is 0 Å². The number of anilines is 1. The Morgan fingerprint density at radius 3 is 2.05 bits per heavy atom. The zero-order valence-electron chi connectivity index (χ0n) is 12.1. The smallest absolute Gasteiger partial charge is 0.235 e. The fourth-order valence-corrected chi connectivity index (χ4v) is 2.81. The summed E-state index contributed by atoms with van der Waals surface area (Å²) in [5, 5.41) is 3.12. The summed E-state index contributed by atoms with van der Waals surface area (Å²) in [5.74, 6) is 0.515. The number of amides is 1. The van der Waals surface area contributed by atoms with Crippen LogP contribution in [0.5, 0.6) is 0 Å². The number of benzene rings is 2. The van der Waals surface area contributed by atoms with Crippen molar-refractivity contribution in [3.63, 3.8) is 0 Å². The third kappa shape index (κ3) is 4.90. The van der Waals surface area contributed by atoms with Crippen LogP contribution in [0.2, 0.25) is 0 Å². The van der Waals surface area contributed by atoms with Gasteiger partial charge in [-0.25, -0.2) is 0 Å². The minimum absolute atomic E-state index is 0.0420. The van der Waals surface area contributed by atoms with Crippen molar-refractivity contribution in [3.8, 4) is 0 Å². The fourth-order valence-electron chi connectivity index (χ4n) is 1.86. The SMILES string of the molecule is CC(C)c1ccc(Sc2ccc(NC(=O)CBr)cc2)cc1. The third-order valence-corrected chi connectivity index (χ3v) is 4.57. The van der Waals surface area contributed by atoms with Crippen molar-refractivity contribution >= 4 is 39.3 Å². The van der Waals surface area contributed by atoms with E-state index in [1.165, 1.54) is 10.5 Å². The third-order valence-electron chi connectivity index (χ3n) is 3.04. The van der Waals surface area contributed by atoms with Gasteiger partial charge < -0.3 is 5.32 Å². The molecule has 21 heavy (non-hydrogen) atoms. The van der Waals surface area contributed by atoms with Gasteiger partial charge >= 0.3 is 0 Å². The van der Waals surface area contributed by atoms with E-state index < -0.39 is 0 Å². The molecule has 2 aromatic rings. The molecule has 1 amide bonds. The molecule has 2 rings (SSSR count). The molecular formula is C17H18BrNOS. The Kier molecular flexibility index (Phi) is 5.88. The molecule has 0 aliphatic heterocycles. The highest BCUT2D eigenvalue weighted by atomic mass is 79.9. The predicted molar refractivity (Wildman–Crippen MR) is 93.5 cm³/mol. The average molecular weight is 364 g/mol. The highest BCUT2D eigenvalue weighted by Gasteiger charge is 2.02. The van der Waals surface area contributed by atoms with Gasteiger partial charge in [0.15, 0.2) is 0 Å². The van der Waals surface area contributed by atoms with E-state index in [9.17, 15) is 4.79 Å². The molecule has 110 valence electrons. The maximum absolute atomic E-state index is 11.3. The summed E-state index contributed by atoms with van der Waals surface area (Å²) in [6.07, 6.45) is 0. The number of halogens is 1. The van der Waals surface area contributed by atoms with Gasteiger partial charge in [-0.15, -0.1) is 0 Å². The van der Waals surface area contributed by atoms with Crippen LogP contribution in [0.1, 0.15) is 25.3 Å². The highest BCUT2D eigenvalue weighted by Crippen LogP contribution is 2.29. The van der Waals surface area contributed by atoms with Gasteiger partial charge in [0, 0.05) is 15.5 Å². The first-order valence-electron chi connectivity index (χ1n) is 6.82. The lowest BCUT2D eigenvalue weighted by Crippen LogP contribution is -2.11. The molecule has 0 fully saturated rings. The molecule has 2 nitrogen and oxygen atoms in total. The van der Waals surface area contributed by atoms with E-state index in [1.807, 2.05) is 24.3 Å². The van der Waals surface area contributed by atoms with E-state index in [0.717, 1.165) is 10.6 Å². The molecular weight excluding hydrogens is 346 g/mol. The number of hydrogen-bond donors (Lipinski definition) is 1. The van der Waals surface area contributed by atoms with Crippen molar-refractivity contribution in [3.05, 3.63) is 54.1 Å². The summed E-state index contributed by atoms with van der Waals surface area (Å²) in [7, 11) is 0. The molecule has 4 heteroatoms. The van der Waals surface area contributed by atoms with Gasteiger partial charge in [-0.3, -0.25) is 4.79 Å². The first-order valence-corrected chi connectivity index (χ1v) is 8.76. The number of hydrogen-bond acceptors (Lipinski definition) is 2. The predicted octanol–water partition coefficient (Wildman–Crippen LogP) is 5.29. The number of carbonyl (C=O) groups excluding carboxylic acids is 1. The second kappa shape index (κ2) is 7.66. The van der Waals surface area contributed by atoms with Gasteiger partial charge in [0.2, 0.25) is 5.91 Å². The summed E-state index contributed by atoms with van der Waals surface area (Å²) < 4.78 is 0. The molecule has 0 aliphatic carbocycles. The maximum atomic E-state index is 11.3. The zero-order valence-corrected chi connectivity index (χ0v) is 14.5. The lowest BCUT2D eigenvalue weighted by atomic mass is 10.0. The Labute approximate surface area is 138 Å². The van der Waals surface area contributed by atoms with Crippen LogP contribution in [-0.4, -0.2) is 11.2 Å². The van der Waals surface area contributed by atoms with Crippen molar-refractivity contribution in [2.24, 2.45) is 0 Å². The number of rotatable bonds is 5. The summed E-state index contributed by atoms with van der Waals surface area (Å²) in [5.41, 5.74) is 2.17. The van der Waals surface area contributed by atoms with Crippen LogP contribution >= 0.6 is 27.7 Å². The van der Waals surface area contributed by atoms with E-state index in [2.05, 4.69) is 59.4 Å². The molecule has 0 aliphatic rings. The standard InChI is InChI=1S/C17H18BrNOS/c1-12(2)13-3-7-15(8-4-13)21-16-9-5-14(6-10-16)19-17(20)11-18/h3-10,12H,11H2,1-2H3,(H,19,20). The van der Waals surface area contributed by atoms with E-state index in [1.54, 1.807) is 11.8 Å². The molecule has 2 aromatic carbocycles. The lowest BCUT2D eigenvalue weighted by Gasteiger charge is -2.07. The molecule has 0 saturated carbocycles. The van der Waals surface area contributed by atoms with Crippen molar-refractivity contribution in [2.45, 2.75) is 29.6 Å². The van der Waals surface area contributed by atoms with Crippen LogP contribution in [0, 0.1) is 0 Å². The molecule has 0 saturated heterocycles. The Morgan fingerprint density at radius 1 is 1.05 bits per heavy atom. The van der Waals surface area contributed by atoms with Crippen LogP contribution in [-0.2, 0) is 4.79 Å². The summed E-state index contributed by atoms with van der Waals surface area (Å²) in [6.45, 7) is 4.39. The minimum Gasteiger partial charge on any atom is -0.325 e. The highest BCUT2D eigenvalue weighted by molar-refractivity contribution is 9.09. The Balaban J connectivity index is 2.01. The Morgan fingerprint density at radius 2 is 1.57 bits per heavy atom. The normalized spacial score (nSPS) is 10.7. The molecule has 0 spiro atoms. The van der Waals surface area contributed by atoms with Crippen LogP contribution in [0.15, 0.2) is 58.3 Å². The molecule has 0 unspecified atom stereocenters. The van der Waals surface area contributed by atoms with Crippen molar-refractivity contribution in [1.29, 1.82) is 0 Å². The quantitative estimate of drug-likeness (QED) is 0.730. The van der Waals surface area contributed by atoms with Gasteiger partial charge in [-0.1, -0.05) is 53.7 Å². The fraction of sp³-hybridized carbons (Fsp3) is 0.235. The van der Waals surface area contributed by atoms with Gasteiger partial charge in [-0.05, 0) is 47.9 Å². The number of carbonyl (C=O) groups is 1. The monoisotopic (exact) mass is 363 g/mol. The van der Waals surface area contributed by atoms with Crippen molar-refractivity contribution in [2.75, 3.05) is 10.6 Å². The second-order valence-corrected chi connectivity index (χ2v) is 6.74. The first-order chi connectivity index (χ1) is 10.1. The van der Waals surface area contributed by atoms with E-state index >= 15 is 0 Å².